The summed E-state index contributed by atoms with van der Waals surface area (Å²) in [4.78, 5) is 11.6. The van der Waals surface area contributed by atoms with E-state index in [1.54, 1.807) is 19.1 Å². The van der Waals surface area contributed by atoms with Crippen LogP contribution < -0.4 is 4.74 Å². The summed E-state index contributed by atoms with van der Waals surface area (Å²) in [5, 5.41) is 17.6. The van der Waals surface area contributed by atoms with Crippen LogP contribution in [-0.4, -0.2) is 29.9 Å². The van der Waals surface area contributed by atoms with Crippen LogP contribution in [0.2, 0.25) is 0 Å². The van der Waals surface area contributed by atoms with Crippen LogP contribution in [0.5, 0.6) is 5.75 Å². The molecule has 0 aliphatic carbocycles. The Morgan fingerprint density at radius 3 is 2.53 bits per heavy atom. The third kappa shape index (κ3) is 3.59. The largest absolute Gasteiger partial charge is 0.496 e. The number of alkyl halides is 1. The molecule has 6 heteroatoms. The molecule has 1 unspecified atom stereocenters. The minimum Gasteiger partial charge on any atom is -0.496 e. The van der Waals surface area contributed by atoms with Gasteiger partial charge < -0.3 is 19.7 Å². The van der Waals surface area contributed by atoms with E-state index in [-0.39, 0.29) is 19.8 Å². The van der Waals surface area contributed by atoms with Crippen LogP contribution in [-0.2, 0) is 22.7 Å². The van der Waals surface area contributed by atoms with Gasteiger partial charge in [0.2, 0.25) is 0 Å². The van der Waals surface area contributed by atoms with Crippen LogP contribution in [0.25, 0.3) is 0 Å². The van der Waals surface area contributed by atoms with Gasteiger partial charge in [-0.25, -0.2) is 0 Å². The Hall–Kier alpha value is -1.30. The molecule has 1 aromatic rings. The Kier molecular flexibility index (Phi) is 6.08. The van der Waals surface area contributed by atoms with Gasteiger partial charge in [-0.15, -0.1) is 11.6 Å². The fourth-order valence-corrected chi connectivity index (χ4v) is 1.92. The monoisotopic (exact) mass is 288 g/mol. The number of benzene rings is 1. The van der Waals surface area contributed by atoms with E-state index in [9.17, 15) is 15.0 Å². The van der Waals surface area contributed by atoms with Crippen LogP contribution in [0.15, 0.2) is 12.1 Å². The highest BCUT2D eigenvalue weighted by Crippen LogP contribution is 2.31. The first kappa shape index (κ1) is 15.8. The van der Waals surface area contributed by atoms with Gasteiger partial charge in [0, 0.05) is 5.56 Å². The third-order valence-corrected chi connectivity index (χ3v) is 3.09. The van der Waals surface area contributed by atoms with Crippen molar-refractivity contribution in [2.24, 2.45) is 0 Å². The van der Waals surface area contributed by atoms with E-state index in [0.29, 0.717) is 22.4 Å². The van der Waals surface area contributed by atoms with Crippen molar-refractivity contribution in [3.63, 3.8) is 0 Å². The molecule has 0 aliphatic heterocycles. The third-order valence-electron chi connectivity index (χ3n) is 2.66. The van der Waals surface area contributed by atoms with E-state index in [4.69, 9.17) is 21.1 Å². The molecule has 0 bridgehead atoms. The average Bonchev–Trinajstić information content (AvgIpc) is 2.44. The number of carbonyl (C=O) groups is 1. The van der Waals surface area contributed by atoms with Crippen molar-refractivity contribution in [3.8, 4) is 5.75 Å². The molecule has 0 saturated carbocycles. The maximum absolute atomic E-state index is 11.6. The molecular weight excluding hydrogens is 272 g/mol. The highest BCUT2D eigenvalue weighted by Gasteiger charge is 2.22. The molecular formula is C13H17ClO5. The van der Waals surface area contributed by atoms with Gasteiger partial charge >= 0.3 is 5.97 Å². The molecule has 0 heterocycles. The number of rotatable bonds is 6. The Bertz CT molecular complexity index is 422. The van der Waals surface area contributed by atoms with E-state index in [2.05, 4.69) is 0 Å². The predicted molar refractivity (Wildman–Crippen MR) is 70.1 cm³/mol. The summed E-state index contributed by atoms with van der Waals surface area (Å²) in [6.45, 7) is 1.37. The van der Waals surface area contributed by atoms with Gasteiger partial charge in [-0.1, -0.05) is 6.07 Å². The van der Waals surface area contributed by atoms with Crippen molar-refractivity contribution in [3.05, 3.63) is 28.8 Å². The van der Waals surface area contributed by atoms with Gasteiger partial charge in [-0.05, 0) is 24.1 Å². The SMILES string of the molecule is CCOC(=O)C(Cl)c1cc(CO)c(CO)c(OC)c1. The van der Waals surface area contributed by atoms with Crippen LogP contribution in [0.4, 0.5) is 0 Å². The summed E-state index contributed by atoms with van der Waals surface area (Å²) in [5.74, 6) is -0.189. The molecule has 0 spiro atoms. The average molecular weight is 289 g/mol. The second-order valence-electron chi connectivity index (χ2n) is 3.79. The van der Waals surface area contributed by atoms with Crippen molar-refractivity contribution in [1.82, 2.24) is 0 Å². The summed E-state index contributed by atoms with van der Waals surface area (Å²) < 4.78 is 9.97. The Labute approximate surface area is 116 Å². The summed E-state index contributed by atoms with van der Waals surface area (Å²) >= 11 is 6.01. The first-order valence-electron chi connectivity index (χ1n) is 5.81. The number of ether oxygens (including phenoxy) is 2. The predicted octanol–water partition coefficient (Wildman–Crippen LogP) is 1.52. The lowest BCUT2D eigenvalue weighted by atomic mass is 10.0. The molecule has 1 aromatic carbocycles. The van der Waals surface area contributed by atoms with Gasteiger partial charge in [-0.3, -0.25) is 4.79 Å². The van der Waals surface area contributed by atoms with Crippen LogP contribution in [0.3, 0.4) is 0 Å². The highest BCUT2D eigenvalue weighted by atomic mass is 35.5. The standard InChI is InChI=1S/C13H17ClO5/c1-3-19-13(17)12(14)8-4-9(6-15)10(7-16)11(5-8)18-2/h4-5,12,15-16H,3,6-7H2,1-2H3. The minimum atomic E-state index is -0.980. The highest BCUT2D eigenvalue weighted by molar-refractivity contribution is 6.30. The second-order valence-corrected chi connectivity index (χ2v) is 4.23. The molecule has 0 amide bonds. The summed E-state index contributed by atoms with van der Waals surface area (Å²) in [7, 11) is 1.44. The number of esters is 1. The topological polar surface area (TPSA) is 76.0 Å². The number of carbonyl (C=O) groups excluding carboxylic acids is 1. The lowest BCUT2D eigenvalue weighted by Crippen LogP contribution is -2.12. The molecule has 1 atom stereocenters. The quantitative estimate of drug-likeness (QED) is 0.613. The Morgan fingerprint density at radius 1 is 1.37 bits per heavy atom. The normalized spacial score (nSPS) is 12.1. The molecule has 0 saturated heterocycles. The van der Waals surface area contributed by atoms with Gasteiger partial charge in [0.05, 0.1) is 26.9 Å². The molecule has 0 aromatic heterocycles. The number of hydrogen-bond acceptors (Lipinski definition) is 5. The molecule has 106 valence electrons. The number of aliphatic hydroxyl groups excluding tert-OH is 2. The number of aliphatic hydroxyl groups is 2. The van der Waals surface area contributed by atoms with Crippen molar-refractivity contribution in [2.45, 2.75) is 25.5 Å². The van der Waals surface area contributed by atoms with Gasteiger partial charge in [-0.2, -0.15) is 0 Å². The van der Waals surface area contributed by atoms with Gasteiger partial charge in [0.1, 0.15) is 5.75 Å². The molecule has 5 nitrogen and oxygen atoms in total. The summed E-state index contributed by atoms with van der Waals surface area (Å²) in [5.41, 5.74) is 1.39. The fraction of sp³-hybridized carbons (Fsp3) is 0.462. The van der Waals surface area contributed by atoms with Crippen LogP contribution >= 0.6 is 11.6 Å². The van der Waals surface area contributed by atoms with Crippen molar-refractivity contribution in [2.75, 3.05) is 13.7 Å². The zero-order valence-electron chi connectivity index (χ0n) is 10.9. The van der Waals surface area contributed by atoms with Gasteiger partial charge in [0.15, 0.2) is 5.38 Å². The van der Waals surface area contributed by atoms with Crippen molar-refractivity contribution < 1.29 is 24.5 Å². The van der Waals surface area contributed by atoms with Crippen LogP contribution in [0.1, 0.15) is 29.0 Å². The molecule has 2 N–H and O–H groups in total. The molecule has 0 radical (unpaired) electrons. The molecule has 1 rings (SSSR count). The number of hydrogen-bond donors (Lipinski definition) is 2. The fourth-order valence-electron chi connectivity index (χ4n) is 1.73. The maximum atomic E-state index is 11.6. The summed E-state index contributed by atoms with van der Waals surface area (Å²) in [6.07, 6.45) is 0. The van der Waals surface area contributed by atoms with E-state index >= 15 is 0 Å². The molecule has 19 heavy (non-hydrogen) atoms. The lowest BCUT2D eigenvalue weighted by molar-refractivity contribution is -0.142. The first-order chi connectivity index (χ1) is 9.08. The number of halogens is 1. The van der Waals surface area contributed by atoms with E-state index in [1.165, 1.54) is 7.11 Å². The minimum absolute atomic E-state index is 0.237. The zero-order valence-corrected chi connectivity index (χ0v) is 11.6. The molecule has 0 fully saturated rings. The lowest BCUT2D eigenvalue weighted by Gasteiger charge is -2.15. The van der Waals surface area contributed by atoms with Crippen molar-refractivity contribution >= 4 is 17.6 Å². The van der Waals surface area contributed by atoms with E-state index in [0.717, 1.165) is 0 Å². The number of methoxy groups -OCH3 is 1. The first-order valence-corrected chi connectivity index (χ1v) is 6.24. The summed E-state index contributed by atoms with van der Waals surface area (Å²) in [6, 6.07) is 3.11. The van der Waals surface area contributed by atoms with E-state index in [1.807, 2.05) is 0 Å². The molecule has 0 aliphatic rings. The zero-order chi connectivity index (χ0) is 14.4. The second kappa shape index (κ2) is 7.33. The maximum Gasteiger partial charge on any atom is 0.328 e. The Morgan fingerprint density at radius 2 is 2.05 bits per heavy atom. The van der Waals surface area contributed by atoms with E-state index < -0.39 is 11.3 Å². The Balaban J connectivity index is 3.18. The smallest absolute Gasteiger partial charge is 0.328 e. The van der Waals surface area contributed by atoms with Gasteiger partial charge in [0.25, 0.3) is 0 Å². The van der Waals surface area contributed by atoms with Crippen LogP contribution in [0, 0.1) is 0 Å². The van der Waals surface area contributed by atoms with Crippen molar-refractivity contribution in [1.29, 1.82) is 0 Å².